The number of urea groups is 1. The van der Waals surface area contributed by atoms with Gasteiger partial charge in [-0.15, -0.1) is 0 Å². The number of carboxylic acid groups (broad SMARTS) is 1. The number of nitrogens with one attached hydrogen (secondary N) is 2. The molecule has 0 spiro atoms. The lowest BCUT2D eigenvalue weighted by Gasteiger charge is -2.17. The third-order valence-electron chi connectivity index (χ3n) is 2.93. The number of nitriles is 1. The molecule has 6 heteroatoms. The second-order valence-corrected chi connectivity index (χ2v) is 5.26. The molecule has 1 atom stereocenters. The zero-order chi connectivity index (χ0) is 16.0. The first kappa shape index (κ1) is 16.5. The highest BCUT2D eigenvalue weighted by Crippen LogP contribution is 2.16. The van der Waals surface area contributed by atoms with Crippen molar-refractivity contribution < 1.29 is 14.7 Å². The van der Waals surface area contributed by atoms with E-state index in [1.807, 2.05) is 19.9 Å². The number of rotatable bonds is 5. The molecule has 1 aromatic carbocycles. The van der Waals surface area contributed by atoms with E-state index < -0.39 is 18.0 Å². The highest BCUT2D eigenvalue weighted by Gasteiger charge is 2.21. The molecule has 0 aromatic heterocycles. The molecule has 1 aromatic rings. The van der Waals surface area contributed by atoms with E-state index in [1.54, 1.807) is 25.1 Å². The Kier molecular flexibility index (Phi) is 5.73. The van der Waals surface area contributed by atoms with Crippen LogP contribution in [-0.4, -0.2) is 23.1 Å². The van der Waals surface area contributed by atoms with Gasteiger partial charge in [0.25, 0.3) is 0 Å². The number of benzene rings is 1. The fourth-order valence-corrected chi connectivity index (χ4v) is 1.84. The summed E-state index contributed by atoms with van der Waals surface area (Å²) in [5.74, 6) is -0.920. The van der Waals surface area contributed by atoms with Gasteiger partial charge in [-0.3, -0.25) is 0 Å². The summed E-state index contributed by atoms with van der Waals surface area (Å²) in [5.41, 5.74) is 1.70. The third kappa shape index (κ3) is 5.15. The summed E-state index contributed by atoms with van der Waals surface area (Å²) < 4.78 is 0. The molecule has 6 nitrogen and oxygen atoms in total. The Morgan fingerprint density at radius 2 is 2.05 bits per heavy atom. The topological polar surface area (TPSA) is 102 Å². The summed E-state index contributed by atoms with van der Waals surface area (Å²) in [7, 11) is 0. The molecule has 0 fully saturated rings. The largest absolute Gasteiger partial charge is 0.480 e. The predicted octanol–water partition coefficient (Wildman–Crippen LogP) is 2.49. The first-order valence-electron chi connectivity index (χ1n) is 6.64. The van der Waals surface area contributed by atoms with Gasteiger partial charge in [0.2, 0.25) is 0 Å². The highest BCUT2D eigenvalue weighted by atomic mass is 16.4. The zero-order valence-corrected chi connectivity index (χ0v) is 12.3. The van der Waals surface area contributed by atoms with Crippen molar-refractivity contribution in [2.75, 3.05) is 5.32 Å². The number of carboxylic acids is 1. The second-order valence-electron chi connectivity index (χ2n) is 5.26. The fraction of sp³-hybridized carbons (Fsp3) is 0.400. The van der Waals surface area contributed by atoms with Crippen LogP contribution in [0.15, 0.2) is 18.2 Å². The molecule has 0 saturated carbocycles. The normalized spacial score (nSPS) is 11.6. The summed E-state index contributed by atoms with van der Waals surface area (Å²) in [6, 6.07) is 5.37. The van der Waals surface area contributed by atoms with Crippen LogP contribution < -0.4 is 10.6 Å². The molecule has 0 aliphatic carbocycles. The second kappa shape index (κ2) is 7.29. The maximum Gasteiger partial charge on any atom is 0.326 e. The van der Waals surface area contributed by atoms with Crippen molar-refractivity contribution in [3.8, 4) is 6.07 Å². The molecule has 0 radical (unpaired) electrons. The number of carbonyl (C=O) groups excluding carboxylic acids is 1. The Hall–Kier alpha value is -2.55. The van der Waals surface area contributed by atoms with Crippen molar-refractivity contribution in [2.45, 2.75) is 33.2 Å². The Bertz CT molecular complexity index is 576. The molecular formula is C15H19N3O3. The Balaban J connectivity index is 2.77. The molecule has 3 N–H and O–H groups in total. The van der Waals surface area contributed by atoms with Crippen molar-refractivity contribution in [2.24, 2.45) is 5.92 Å². The molecule has 0 aliphatic rings. The number of aryl methyl sites for hydroxylation is 1. The molecule has 1 rings (SSSR count). The van der Waals surface area contributed by atoms with Gasteiger partial charge in [0.05, 0.1) is 11.6 Å². The van der Waals surface area contributed by atoms with Crippen LogP contribution in [0.2, 0.25) is 0 Å². The lowest BCUT2D eigenvalue weighted by atomic mass is 10.0. The van der Waals surface area contributed by atoms with Crippen molar-refractivity contribution in [3.63, 3.8) is 0 Å². The maximum atomic E-state index is 11.9. The predicted molar refractivity (Wildman–Crippen MR) is 78.9 cm³/mol. The summed E-state index contributed by atoms with van der Waals surface area (Å²) >= 11 is 0. The van der Waals surface area contributed by atoms with E-state index in [0.29, 0.717) is 17.7 Å². The lowest BCUT2D eigenvalue weighted by molar-refractivity contribution is -0.139. The summed E-state index contributed by atoms with van der Waals surface area (Å²) in [5, 5.41) is 22.9. The monoisotopic (exact) mass is 289 g/mol. The number of nitrogens with zero attached hydrogens (tertiary/aromatic N) is 1. The Labute approximate surface area is 123 Å². The molecule has 0 saturated heterocycles. The molecule has 21 heavy (non-hydrogen) atoms. The van der Waals surface area contributed by atoms with E-state index >= 15 is 0 Å². The first-order chi connectivity index (χ1) is 9.83. The molecule has 0 unspecified atom stereocenters. The minimum Gasteiger partial charge on any atom is -0.480 e. The van der Waals surface area contributed by atoms with Gasteiger partial charge < -0.3 is 15.7 Å². The standard InChI is InChI=1S/C15H19N3O3/c1-9(2)6-13(14(19)20)18-15(21)17-12-7-11(8-16)5-4-10(12)3/h4-5,7,9,13H,6H2,1-3H3,(H,19,20)(H2,17,18,21)/t13-/m0/s1. The smallest absolute Gasteiger partial charge is 0.326 e. The van der Waals surface area contributed by atoms with Gasteiger partial charge >= 0.3 is 12.0 Å². The van der Waals surface area contributed by atoms with Crippen LogP contribution >= 0.6 is 0 Å². The molecule has 0 aliphatic heterocycles. The SMILES string of the molecule is Cc1ccc(C#N)cc1NC(=O)N[C@@H](CC(C)C)C(=O)O. The van der Waals surface area contributed by atoms with E-state index in [2.05, 4.69) is 10.6 Å². The first-order valence-corrected chi connectivity index (χ1v) is 6.64. The van der Waals surface area contributed by atoms with E-state index in [9.17, 15) is 9.59 Å². The van der Waals surface area contributed by atoms with Crippen LogP contribution in [0.25, 0.3) is 0 Å². The molecule has 2 amide bonds. The van der Waals surface area contributed by atoms with E-state index in [4.69, 9.17) is 10.4 Å². The van der Waals surface area contributed by atoms with Gasteiger partial charge in [-0.25, -0.2) is 9.59 Å². The highest BCUT2D eigenvalue weighted by molar-refractivity contribution is 5.93. The molecule has 112 valence electrons. The van der Waals surface area contributed by atoms with Crippen LogP contribution in [-0.2, 0) is 4.79 Å². The number of hydrogen-bond acceptors (Lipinski definition) is 3. The molecule has 0 heterocycles. The van der Waals surface area contributed by atoms with Crippen molar-refractivity contribution in [1.82, 2.24) is 5.32 Å². The molecule has 0 bridgehead atoms. The minimum atomic E-state index is -1.07. The summed E-state index contributed by atoms with van der Waals surface area (Å²) in [6.07, 6.45) is 0.347. The summed E-state index contributed by atoms with van der Waals surface area (Å²) in [4.78, 5) is 23.0. The van der Waals surface area contributed by atoms with Crippen LogP contribution in [0.3, 0.4) is 0 Å². The third-order valence-corrected chi connectivity index (χ3v) is 2.93. The van der Waals surface area contributed by atoms with Crippen molar-refractivity contribution in [1.29, 1.82) is 5.26 Å². The maximum absolute atomic E-state index is 11.9. The minimum absolute atomic E-state index is 0.148. The number of anilines is 1. The van der Waals surface area contributed by atoms with Crippen LogP contribution in [0.1, 0.15) is 31.4 Å². The van der Waals surface area contributed by atoms with Gasteiger partial charge in [0.1, 0.15) is 6.04 Å². The average molecular weight is 289 g/mol. The van der Waals surface area contributed by atoms with E-state index in [0.717, 1.165) is 5.56 Å². The van der Waals surface area contributed by atoms with Crippen LogP contribution in [0.5, 0.6) is 0 Å². The number of hydrogen-bond donors (Lipinski definition) is 3. The average Bonchev–Trinajstić information content (AvgIpc) is 2.39. The van der Waals surface area contributed by atoms with E-state index in [-0.39, 0.29) is 5.92 Å². The fourth-order valence-electron chi connectivity index (χ4n) is 1.84. The van der Waals surface area contributed by atoms with Crippen LogP contribution in [0.4, 0.5) is 10.5 Å². The number of aliphatic carboxylic acids is 1. The van der Waals surface area contributed by atoms with Crippen LogP contribution in [0, 0.1) is 24.2 Å². The van der Waals surface area contributed by atoms with Gasteiger partial charge in [0.15, 0.2) is 0 Å². The summed E-state index contributed by atoms with van der Waals surface area (Å²) in [6.45, 7) is 5.56. The van der Waals surface area contributed by atoms with Gasteiger partial charge in [-0.1, -0.05) is 19.9 Å². The molecular weight excluding hydrogens is 270 g/mol. The Morgan fingerprint density at radius 3 is 2.57 bits per heavy atom. The van der Waals surface area contributed by atoms with E-state index in [1.165, 1.54) is 0 Å². The van der Waals surface area contributed by atoms with Gasteiger partial charge in [-0.2, -0.15) is 5.26 Å². The zero-order valence-electron chi connectivity index (χ0n) is 12.3. The Morgan fingerprint density at radius 1 is 1.38 bits per heavy atom. The number of amides is 2. The van der Waals surface area contributed by atoms with Gasteiger partial charge in [-0.05, 0) is 37.0 Å². The number of carbonyl (C=O) groups is 2. The van der Waals surface area contributed by atoms with Crippen molar-refractivity contribution in [3.05, 3.63) is 29.3 Å². The quantitative estimate of drug-likeness (QED) is 0.774. The van der Waals surface area contributed by atoms with Crippen molar-refractivity contribution >= 4 is 17.7 Å². The lowest BCUT2D eigenvalue weighted by Crippen LogP contribution is -2.43. The van der Waals surface area contributed by atoms with Gasteiger partial charge in [0, 0.05) is 5.69 Å².